The van der Waals surface area contributed by atoms with E-state index in [4.69, 9.17) is 0 Å². The molecule has 2 aromatic rings. The predicted molar refractivity (Wildman–Crippen MR) is 113 cm³/mol. The first kappa shape index (κ1) is 18.5. The average Bonchev–Trinajstić information content (AvgIpc) is 2.71. The van der Waals surface area contributed by atoms with Gasteiger partial charge >= 0.3 is 0 Å². The summed E-state index contributed by atoms with van der Waals surface area (Å²) in [7, 11) is 0. The summed E-state index contributed by atoms with van der Waals surface area (Å²) in [5.41, 5.74) is 4.06. The summed E-state index contributed by atoms with van der Waals surface area (Å²) in [5.74, 6) is 2.15. The molecule has 4 aliphatic rings. The van der Waals surface area contributed by atoms with E-state index >= 15 is 0 Å². The molecule has 0 radical (unpaired) electrons. The zero-order valence-corrected chi connectivity index (χ0v) is 17.1. The fourth-order valence-electron chi connectivity index (χ4n) is 6.48. The Labute approximate surface area is 170 Å². The van der Waals surface area contributed by atoms with E-state index in [9.17, 15) is 9.59 Å². The smallest absolute Gasteiger partial charge is 0.267 e. The second kappa shape index (κ2) is 6.78. The summed E-state index contributed by atoms with van der Waals surface area (Å²) >= 11 is 0. The number of nitrogens with one attached hydrogen (secondary N) is 1. The normalized spacial score (nSPS) is 30.7. The number of nitrogens with zero attached hydrogens (tertiary/aromatic N) is 3. The van der Waals surface area contributed by atoms with E-state index in [2.05, 4.69) is 22.5 Å². The van der Waals surface area contributed by atoms with Crippen molar-refractivity contribution in [3.05, 3.63) is 40.3 Å². The van der Waals surface area contributed by atoms with Crippen molar-refractivity contribution in [3.8, 4) is 0 Å². The largest absolute Gasteiger partial charge is 0.292 e. The van der Waals surface area contributed by atoms with Crippen molar-refractivity contribution in [2.24, 2.45) is 28.3 Å². The van der Waals surface area contributed by atoms with Crippen LogP contribution in [0.1, 0.15) is 62.9 Å². The maximum absolute atomic E-state index is 13.0. The summed E-state index contributed by atoms with van der Waals surface area (Å²) < 4.78 is 1.34. The lowest BCUT2D eigenvalue weighted by Gasteiger charge is -2.56. The zero-order chi connectivity index (χ0) is 20.2. The van der Waals surface area contributed by atoms with Crippen molar-refractivity contribution in [2.75, 3.05) is 0 Å². The second-order valence-electron chi connectivity index (χ2n) is 9.35. The fraction of sp³-hybridized carbons (Fsp3) is 0.565. The highest BCUT2D eigenvalue weighted by atomic mass is 16.2. The number of carbonyl (C=O) groups is 1. The van der Waals surface area contributed by atoms with Crippen molar-refractivity contribution in [3.63, 3.8) is 0 Å². The molecule has 1 aromatic heterocycles. The third-order valence-electron chi connectivity index (χ3n) is 7.51. The molecule has 0 atom stereocenters. The molecule has 0 aliphatic heterocycles. The monoisotopic (exact) mass is 392 g/mol. The molecule has 29 heavy (non-hydrogen) atoms. The van der Waals surface area contributed by atoms with Gasteiger partial charge in [0.15, 0.2) is 5.69 Å². The number of benzene rings is 1. The molecule has 1 heterocycles. The lowest BCUT2D eigenvalue weighted by atomic mass is 9.48. The number of hydrogen-bond acceptors (Lipinski definition) is 4. The van der Waals surface area contributed by atoms with Crippen LogP contribution in [0.4, 0.5) is 0 Å². The first-order chi connectivity index (χ1) is 14.0. The van der Waals surface area contributed by atoms with Crippen LogP contribution >= 0.6 is 0 Å². The van der Waals surface area contributed by atoms with Gasteiger partial charge in [0.25, 0.3) is 11.5 Å². The number of rotatable bonds is 4. The lowest BCUT2D eigenvalue weighted by molar-refractivity contribution is -0.0128. The van der Waals surface area contributed by atoms with E-state index in [1.807, 2.05) is 13.0 Å². The number of hydrogen-bond donors (Lipinski definition) is 1. The average molecular weight is 393 g/mol. The maximum Gasteiger partial charge on any atom is 0.292 e. The Morgan fingerprint density at radius 2 is 1.72 bits per heavy atom. The number of aromatic nitrogens is 2. The number of aryl methyl sites for hydroxylation is 1. The van der Waals surface area contributed by atoms with Crippen LogP contribution in [0.3, 0.4) is 0 Å². The van der Waals surface area contributed by atoms with Gasteiger partial charge in [-0.3, -0.25) is 9.59 Å². The third-order valence-corrected chi connectivity index (χ3v) is 7.51. The molecule has 0 unspecified atom stereocenters. The van der Waals surface area contributed by atoms with E-state index in [0.717, 1.165) is 23.5 Å². The van der Waals surface area contributed by atoms with Gasteiger partial charge in [-0.15, -0.1) is 0 Å². The highest BCUT2D eigenvalue weighted by Crippen LogP contribution is 2.60. The summed E-state index contributed by atoms with van der Waals surface area (Å²) in [4.78, 5) is 25.5. The van der Waals surface area contributed by atoms with Gasteiger partial charge in [0.1, 0.15) is 0 Å². The van der Waals surface area contributed by atoms with Gasteiger partial charge in [0.2, 0.25) is 0 Å². The minimum absolute atomic E-state index is 0.166. The highest BCUT2D eigenvalue weighted by Gasteiger charge is 2.52. The van der Waals surface area contributed by atoms with E-state index in [-0.39, 0.29) is 22.6 Å². The van der Waals surface area contributed by atoms with Crippen LogP contribution in [0.5, 0.6) is 0 Å². The Balaban J connectivity index is 1.44. The number of carbonyl (C=O) groups excluding carboxylic acids is 1. The predicted octanol–water partition coefficient (Wildman–Crippen LogP) is 3.74. The molecule has 1 aromatic carbocycles. The van der Waals surface area contributed by atoms with Gasteiger partial charge < -0.3 is 0 Å². The van der Waals surface area contributed by atoms with E-state index in [1.165, 1.54) is 43.2 Å². The molecule has 4 bridgehead atoms. The van der Waals surface area contributed by atoms with Gasteiger partial charge in [0.05, 0.1) is 5.39 Å². The minimum Gasteiger partial charge on any atom is -0.267 e. The Hall–Kier alpha value is -2.50. The van der Waals surface area contributed by atoms with Crippen LogP contribution < -0.4 is 11.0 Å². The van der Waals surface area contributed by atoms with E-state index in [0.29, 0.717) is 17.3 Å². The van der Waals surface area contributed by atoms with Crippen LogP contribution in [0.15, 0.2) is 34.2 Å². The molecule has 0 saturated heterocycles. The second-order valence-corrected chi connectivity index (χ2v) is 9.35. The number of hydrazone groups is 1. The summed E-state index contributed by atoms with van der Waals surface area (Å²) in [6, 6.07) is 7.14. The van der Waals surface area contributed by atoms with Crippen molar-refractivity contribution < 1.29 is 4.79 Å². The lowest BCUT2D eigenvalue weighted by Crippen LogP contribution is -2.49. The van der Waals surface area contributed by atoms with Crippen LogP contribution in [0.25, 0.3) is 10.8 Å². The molecule has 0 spiro atoms. The van der Waals surface area contributed by atoms with E-state index in [1.54, 1.807) is 18.2 Å². The fourth-order valence-corrected chi connectivity index (χ4v) is 6.48. The van der Waals surface area contributed by atoms with Gasteiger partial charge in [-0.05, 0) is 76.2 Å². The summed E-state index contributed by atoms with van der Waals surface area (Å²) in [5, 5.41) is 9.96. The highest BCUT2D eigenvalue weighted by molar-refractivity contribution is 6.05. The Bertz CT molecular complexity index is 1030. The minimum atomic E-state index is -0.354. The Kier molecular flexibility index (Phi) is 4.33. The molecule has 1 N–H and O–H groups in total. The maximum atomic E-state index is 13.0. The van der Waals surface area contributed by atoms with Gasteiger partial charge in [-0.25, -0.2) is 10.1 Å². The standard InChI is InChI=1S/C23H28N4O2/c1-3-27-22(29)19-7-5-4-6-18(19)20(26-27)21(28)25-24-14(2)23-11-15-8-16(12-23)10-17(9-15)13-23/h4-7,15-17H,3,8-13H2,1-2H3,(H,25,28)/b24-14-. The molecule has 4 fully saturated rings. The molecular formula is C23H28N4O2. The summed E-state index contributed by atoms with van der Waals surface area (Å²) in [6.45, 7) is 4.34. The molecule has 6 heteroatoms. The van der Waals surface area contributed by atoms with Crippen molar-refractivity contribution in [2.45, 2.75) is 58.9 Å². The SMILES string of the molecule is CCn1nc(C(=O)N/N=C(/C)C23CC4CC(CC(C4)C2)C3)c2ccccc2c1=O. The van der Waals surface area contributed by atoms with Crippen LogP contribution in [0, 0.1) is 23.2 Å². The van der Waals surface area contributed by atoms with Gasteiger partial charge in [0, 0.05) is 23.1 Å². The molecule has 1 amide bonds. The zero-order valence-electron chi connectivity index (χ0n) is 17.1. The van der Waals surface area contributed by atoms with Crippen molar-refractivity contribution in [1.82, 2.24) is 15.2 Å². The van der Waals surface area contributed by atoms with E-state index < -0.39 is 0 Å². The first-order valence-electron chi connectivity index (χ1n) is 10.8. The molecular weight excluding hydrogens is 364 g/mol. The molecule has 4 aliphatic carbocycles. The first-order valence-corrected chi connectivity index (χ1v) is 10.8. The topological polar surface area (TPSA) is 76.3 Å². The van der Waals surface area contributed by atoms with Crippen LogP contribution in [-0.2, 0) is 6.54 Å². The van der Waals surface area contributed by atoms with Crippen molar-refractivity contribution in [1.29, 1.82) is 0 Å². The molecule has 6 rings (SSSR count). The number of amides is 1. The molecule has 6 nitrogen and oxygen atoms in total. The Morgan fingerprint density at radius 3 is 2.31 bits per heavy atom. The van der Waals surface area contributed by atoms with Gasteiger partial charge in [-0.1, -0.05) is 18.2 Å². The Morgan fingerprint density at radius 1 is 1.14 bits per heavy atom. The van der Waals surface area contributed by atoms with Crippen molar-refractivity contribution >= 4 is 22.4 Å². The third kappa shape index (κ3) is 3.00. The summed E-state index contributed by atoms with van der Waals surface area (Å²) in [6.07, 6.45) is 7.79. The van der Waals surface area contributed by atoms with Crippen LogP contribution in [0.2, 0.25) is 0 Å². The molecule has 4 saturated carbocycles. The van der Waals surface area contributed by atoms with Crippen LogP contribution in [-0.4, -0.2) is 21.4 Å². The quantitative estimate of drug-likeness (QED) is 0.636. The number of fused-ring (bicyclic) bond motifs is 1. The van der Waals surface area contributed by atoms with Gasteiger partial charge in [-0.2, -0.15) is 10.2 Å². The molecule has 152 valence electrons.